The number of benzene rings is 2. The number of hydrogen-bond acceptors (Lipinski definition) is 4. The lowest BCUT2D eigenvalue weighted by Gasteiger charge is -2.08. The number of carbonyl (C=O) groups is 1. The summed E-state index contributed by atoms with van der Waals surface area (Å²) in [6.07, 6.45) is 0. The number of carbonyl (C=O) groups excluding carboxylic acids is 1. The van der Waals surface area contributed by atoms with E-state index >= 15 is 0 Å². The number of aromatic nitrogens is 4. The third-order valence-electron chi connectivity index (χ3n) is 3.12. The Morgan fingerprint density at radius 3 is 2.73 bits per heavy atom. The lowest BCUT2D eigenvalue weighted by atomic mass is 10.1. The monoisotopic (exact) mass is 313 g/mol. The van der Waals surface area contributed by atoms with Crippen LogP contribution in [0.4, 0.5) is 5.69 Å². The minimum atomic E-state index is -0.265. The van der Waals surface area contributed by atoms with Crippen molar-refractivity contribution in [2.24, 2.45) is 7.05 Å². The average molecular weight is 314 g/mol. The highest BCUT2D eigenvalue weighted by Crippen LogP contribution is 2.21. The molecule has 3 aromatic rings. The highest BCUT2D eigenvalue weighted by molar-refractivity contribution is 6.34. The molecule has 22 heavy (non-hydrogen) atoms. The molecule has 0 atom stereocenters. The zero-order chi connectivity index (χ0) is 15.5. The first-order valence-electron chi connectivity index (χ1n) is 6.54. The molecule has 0 radical (unpaired) electrons. The van der Waals surface area contributed by atoms with Crippen molar-refractivity contribution in [2.75, 3.05) is 5.32 Å². The van der Waals surface area contributed by atoms with Crippen molar-refractivity contribution in [3.63, 3.8) is 0 Å². The number of tetrazole rings is 1. The van der Waals surface area contributed by atoms with Gasteiger partial charge in [0.05, 0.1) is 10.6 Å². The second-order valence-corrected chi connectivity index (χ2v) is 5.05. The summed E-state index contributed by atoms with van der Waals surface area (Å²) in [5.74, 6) is 0.354. The molecular weight excluding hydrogens is 302 g/mol. The fraction of sp³-hybridized carbons (Fsp3) is 0.0667. The normalized spacial score (nSPS) is 10.5. The van der Waals surface area contributed by atoms with Crippen molar-refractivity contribution in [3.8, 4) is 11.4 Å². The molecule has 1 N–H and O–H groups in total. The van der Waals surface area contributed by atoms with Crippen LogP contribution in [0.15, 0.2) is 48.5 Å². The van der Waals surface area contributed by atoms with Crippen molar-refractivity contribution in [1.29, 1.82) is 0 Å². The van der Waals surface area contributed by atoms with Crippen molar-refractivity contribution < 1.29 is 4.79 Å². The third kappa shape index (κ3) is 2.82. The van der Waals surface area contributed by atoms with E-state index in [1.54, 1.807) is 48.1 Å². The molecule has 1 aromatic heterocycles. The van der Waals surface area contributed by atoms with E-state index in [0.717, 1.165) is 5.56 Å². The van der Waals surface area contributed by atoms with E-state index in [4.69, 9.17) is 11.6 Å². The van der Waals surface area contributed by atoms with E-state index < -0.39 is 0 Å². The summed E-state index contributed by atoms with van der Waals surface area (Å²) in [5, 5.41) is 14.6. The Morgan fingerprint density at radius 2 is 2.00 bits per heavy atom. The van der Waals surface area contributed by atoms with Gasteiger partial charge >= 0.3 is 0 Å². The smallest absolute Gasteiger partial charge is 0.257 e. The summed E-state index contributed by atoms with van der Waals surface area (Å²) in [4.78, 5) is 12.3. The van der Waals surface area contributed by atoms with Gasteiger partial charge in [0.15, 0.2) is 5.82 Å². The Kier molecular flexibility index (Phi) is 3.84. The highest BCUT2D eigenvalue weighted by atomic mass is 35.5. The fourth-order valence-electron chi connectivity index (χ4n) is 2.05. The van der Waals surface area contributed by atoms with Crippen LogP contribution in [0, 0.1) is 0 Å². The Hall–Kier alpha value is -2.73. The Morgan fingerprint density at radius 1 is 1.18 bits per heavy atom. The fourth-order valence-corrected chi connectivity index (χ4v) is 2.28. The van der Waals surface area contributed by atoms with Gasteiger partial charge in [-0.2, -0.15) is 0 Å². The molecule has 3 rings (SSSR count). The molecule has 1 heterocycles. The molecule has 1 amide bonds. The number of rotatable bonds is 3. The maximum Gasteiger partial charge on any atom is 0.257 e. The number of anilines is 1. The quantitative estimate of drug-likeness (QED) is 0.807. The first kappa shape index (κ1) is 14.2. The van der Waals surface area contributed by atoms with Gasteiger partial charge < -0.3 is 5.32 Å². The molecule has 0 aliphatic carbocycles. The summed E-state index contributed by atoms with van der Waals surface area (Å²) in [6, 6.07) is 14.2. The van der Waals surface area contributed by atoms with Crippen LogP contribution in [-0.2, 0) is 7.05 Å². The molecule has 0 fully saturated rings. The van der Waals surface area contributed by atoms with E-state index in [0.29, 0.717) is 22.1 Å². The summed E-state index contributed by atoms with van der Waals surface area (Å²) >= 11 is 6.03. The van der Waals surface area contributed by atoms with Crippen LogP contribution in [0.3, 0.4) is 0 Å². The number of aryl methyl sites for hydroxylation is 1. The van der Waals surface area contributed by atoms with Gasteiger partial charge in [0, 0.05) is 18.3 Å². The zero-order valence-corrected chi connectivity index (χ0v) is 12.4. The van der Waals surface area contributed by atoms with Crippen molar-refractivity contribution in [1.82, 2.24) is 20.2 Å². The second-order valence-electron chi connectivity index (χ2n) is 4.64. The van der Waals surface area contributed by atoms with Crippen LogP contribution < -0.4 is 5.32 Å². The topological polar surface area (TPSA) is 72.7 Å². The molecule has 0 unspecified atom stereocenters. The minimum Gasteiger partial charge on any atom is -0.322 e. The first-order valence-corrected chi connectivity index (χ1v) is 6.91. The Bertz CT molecular complexity index is 830. The number of nitrogens with one attached hydrogen (secondary N) is 1. The van der Waals surface area contributed by atoms with Gasteiger partial charge in [-0.25, -0.2) is 4.68 Å². The summed E-state index contributed by atoms with van der Waals surface area (Å²) < 4.78 is 1.56. The molecule has 110 valence electrons. The second kappa shape index (κ2) is 5.95. The van der Waals surface area contributed by atoms with Crippen LogP contribution >= 0.6 is 11.6 Å². The Balaban J connectivity index is 1.86. The van der Waals surface area contributed by atoms with Gasteiger partial charge in [-0.15, -0.1) is 5.10 Å². The van der Waals surface area contributed by atoms with E-state index in [1.807, 2.05) is 12.1 Å². The van der Waals surface area contributed by atoms with Crippen molar-refractivity contribution in [2.45, 2.75) is 0 Å². The van der Waals surface area contributed by atoms with Crippen LogP contribution in [0.5, 0.6) is 0 Å². The highest BCUT2D eigenvalue weighted by Gasteiger charge is 2.11. The molecule has 6 nitrogen and oxygen atoms in total. The van der Waals surface area contributed by atoms with Gasteiger partial charge in [-0.1, -0.05) is 35.9 Å². The molecular formula is C15H12ClN5O. The maximum atomic E-state index is 12.3. The third-order valence-corrected chi connectivity index (χ3v) is 3.45. The van der Waals surface area contributed by atoms with Crippen LogP contribution in [0.25, 0.3) is 11.4 Å². The van der Waals surface area contributed by atoms with Gasteiger partial charge in [-0.3, -0.25) is 4.79 Å². The summed E-state index contributed by atoms with van der Waals surface area (Å²) in [6.45, 7) is 0. The molecule has 0 saturated heterocycles. The zero-order valence-electron chi connectivity index (χ0n) is 11.7. The molecule has 0 saturated carbocycles. The van der Waals surface area contributed by atoms with Gasteiger partial charge in [-0.05, 0) is 34.7 Å². The van der Waals surface area contributed by atoms with E-state index in [9.17, 15) is 4.79 Å². The lowest BCUT2D eigenvalue weighted by Crippen LogP contribution is -2.12. The number of amides is 1. The van der Waals surface area contributed by atoms with Crippen LogP contribution in [-0.4, -0.2) is 26.1 Å². The van der Waals surface area contributed by atoms with E-state index in [1.165, 1.54) is 0 Å². The Labute approximate surface area is 131 Å². The molecule has 0 aliphatic rings. The summed E-state index contributed by atoms with van der Waals surface area (Å²) in [7, 11) is 1.75. The van der Waals surface area contributed by atoms with E-state index in [-0.39, 0.29) is 5.91 Å². The lowest BCUT2D eigenvalue weighted by molar-refractivity contribution is 0.102. The number of nitrogens with zero attached hydrogens (tertiary/aromatic N) is 4. The van der Waals surface area contributed by atoms with Crippen LogP contribution in [0.2, 0.25) is 5.02 Å². The van der Waals surface area contributed by atoms with Crippen LogP contribution in [0.1, 0.15) is 10.4 Å². The molecule has 7 heteroatoms. The largest absolute Gasteiger partial charge is 0.322 e. The SMILES string of the molecule is Cn1nnnc1-c1cccc(NC(=O)c2ccccc2Cl)c1. The van der Waals surface area contributed by atoms with Gasteiger partial charge in [0.1, 0.15) is 0 Å². The standard InChI is InChI=1S/C15H12ClN5O/c1-21-14(18-19-20-21)10-5-4-6-11(9-10)17-15(22)12-7-2-3-8-13(12)16/h2-9H,1H3,(H,17,22). The maximum absolute atomic E-state index is 12.3. The first-order chi connectivity index (χ1) is 10.6. The minimum absolute atomic E-state index is 0.265. The number of halogens is 1. The molecule has 0 aliphatic heterocycles. The van der Waals surface area contributed by atoms with E-state index in [2.05, 4.69) is 20.8 Å². The average Bonchev–Trinajstić information content (AvgIpc) is 2.94. The summed E-state index contributed by atoms with van der Waals surface area (Å²) in [5.41, 5.74) is 1.88. The molecule has 0 spiro atoms. The van der Waals surface area contributed by atoms with Crippen molar-refractivity contribution in [3.05, 3.63) is 59.1 Å². The van der Waals surface area contributed by atoms with Gasteiger partial charge in [0.25, 0.3) is 5.91 Å². The molecule has 0 bridgehead atoms. The predicted molar refractivity (Wildman–Crippen MR) is 83.6 cm³/mol. The predicted octanol–water partition coefficient (Wildman–Crippen LogP) is 2.78. The molecule has 2 aromatic carbocycles. The van der Waals surface area contributed by atoms with Crippen molar-refractivity contribution >= 4 is 23.2 Å². The van der Waals surface area contributed by atoms with Gasteiger partial charge in [0.2, 0.25) is 0 Å². The number of hydrogen-bond donors (Lipinski definition) is 1.